The monoisotopic (exact) mass is 431 g/mol. The summed E-state index contributed by atoms with van der Waals surface area (Å²) in [6.45, 7) is 1.99. The lowest BCUT2D eigenvalue weighted by Crippen LogP contribution is -2.16. The lowest BCUT2D eigenvalue weighted by atomic mass is 10.1. The van der Waals surface area contributed by atoms with E-state index in [0.717, 1.165) is 16.8 Å². The molecule has 0 unspecified atom stereocenters. The number of nitrogens with zero attached hydrogens (tertiary/aromatic N) is 4. The molecular formula is C22H17N5O3S. The van der Waals surface area contributed by atoms with Crippen LogP contribution >= 0.6 is 0 Å². The Morgan fingerprint density at radius 2 is 1.71 bits per heavy atom. The van der Waals surface area contributed by atoms with Crippen LogP contribution in [0.4, 0.5) is 5.82 Å². The summed E-state index contributed by atoms with van der Waals surface area (Å²) >= 11 is 0. The van der Waals surface area contributed by atoms with E-state index in [4.69, 9.17) is 4.63 Å². The van der Waals surface area contributed by atoms with Gasteiger partial charge in [-0.3, -0.25) is 4.72 Å². The van der Waals surface area contributed by atoms with Crippen molar-refractivity contribution in [3.8, 4) is 16.9 Å². The number of fused-ring (bicyclic) bond motifs is 1. The molecule has 0 bridgehead atoms. The van der Waals surface area contributed by atoms with Gasteiger partial charge < -0.3 is 0 Å². The summed E-state index contributed by atoms with van der Waals surface area (Å²) < 4.78 is 35.4. The van der Waals surface area contributed by atoms with Gasteiger partial charge >= 0.3 is 0 Å². The summed E-state index contributed by atoms with van der Waals surface area (Å²) in [5.74, 6) is 0.302. The minimum absolute atomic E-state index is 0.0239. The van der Waals surface area contributed by atoms with E-state index in [1.807, 2.05) is 61.5 Å². The quantitative estimate of drug-likeness (QED) is 0.448. The van der Waals surface area contributed by atoms with E-state index in [9.17, 15) is 8.42 Å². The van der Waals surface area contributed by atoms with E-state index in [0.29, 0.717) is 17.0 Å². The summed E-state index contributed by atoms with van der Waals surface area (Å²) in [6, 6.07) is 23.6. The molecule has 0 radical (unpaired) electrons. The highest BCUT2D eigenvalue weighted by Gasteiger charge is 2.23. The third-order valence-electron chi connectivity index (χ3n) is 4.80. The van der Waals surface area contributed by atoms with Gasteiger partial charge in [-0.15, -0.1) is 0 Å². The Morgan fingerprint density at radius 1 is 0.903 bits per heavy atom. The Kier molecular flexibility index (Phi) is 4.52. The number of aromatic nitrogens is 4. The second-order valence-corrected chi connectivity index (χ2v) is 8.68. The lowest BCUT2D eigenvalue weighted by molar-refractivity contribution is 0.315. The van der Waals surface area contributed by atoms with Crippen LogP contribution in [0.25, 0.3) is 28.0 Å². The summed E-state index contributed by atoms with van der Waals surface area (Å²) in [5, 5.41) is 12.1. The van der Waals surface area contributed by atoms with Crippen molar-refractivity contribution in [2.75, 3.05) is 4.72 Å². The smallest absolute Gasteiger partial charge is 0.263 e. The highest BCUT2D eigenvalue weighted by molar-refractivity contribution is 7.93. The molecular weight excluding hydrogens is 414 g/mol. The maximum atomic E-state index is 13.2. The SMILES string of the molecule is Cc1cccc(-c2cc(NS(=O)(=O)c3cccc4nonc34)n(-c3ccccc3)n2)c1. The van der Waals surface area contributed by atoms with Crippen LogP contribution in [0.2, 0.25) is 0 Å². The van der Waals surface area contributed by atoms with Gasteiger partial charge in [0.25, 0.3) is 10.0 Å². The first kappa shape index (κ1) is 19.0. The standard InChI is InChI=1S/C22H17N5O3S/c1-15-7-5-8-16(13-15)19-14-21(27(23-19)17-9-3-2-4-10-17)26-31(28,29)20-12-6-11-18-22(20)25-30-24-18/h2-14,26H,1H3. The number of aryl methyl sites for hydroxylation is 1. The molecule has 0 aliphatic rings. The first-order valence-corrected chi connectivity index (χ1v) is 11.0. The first-order valence-electron chi connectivity index (χ1n) is 9.48. The van der Waals surface area contributed by atoms with E-state index < -0.39 is 10.0 Å². The zero-order valence-electron chi connectivity index (χ0n) is 16.4. The molecule has 5 rings (SSSR count). The third-order valence-corrected chi connectivity index (χ3v) is 6.19. The molecule has 154 valence electrons. The Bertz CT molecular complexity index is 1490. The number of hydrogen-bond donors (Lipinski definition) is 1. The second-order valence-electron chi connectivity index (χ2n) is 7.03. The largest absolute Gasteiger partial charge is 0.265 e. The van der Waals surface area contributed by atoms with E-state index in [2.05, 4.69) is 20.1 Å². The maximum Gasteiger partial charge on any atom is 0.265 e. The molecule has 3 aromatic carbocycles. The fourth-order valence-electron chi connectivity index (χ4n) is 3.36. The highest BCUT2D eigenvalue weighted by Crippen LogP contribution is 2.28. The van der Waals surface area contributed by atoms with Gasteiger partial charge in [-0.05, 0) is 47.6 Å². The minimum atomic E-state index is -3.99. The van der Waals surface area contributed by atoms with Crippen molar-refractivity contribution in [2.45, 2.75) is 11.8 Å². The van der Waals surface area contributed by atoms with Crippen molar-refractivity contribution in [1.82, 2.24) is 20.1 Å². The second kappa shape index (κ2) is 7.37. The number of nitrogens with one attached hydrogen (secondary N) is 1. The maximum absolute atomic E-state index is 13.2. The topological polar surface area (TPSA) is 103 Å². The van der Waals surface area contributed by atoms with E-state index in [-0.39, 0.29) is 10.4 Å². The average Bonchev–Trinajstić information content (AvgIpc) is 3.41. The van der Waals surface area contributed by atoms with Gasteiger partial charge in [-0.25, -0.2) is 17.7 Å². The number of anilines is 1. The summed E-state index contributed by atoms with van der Waals surface area (Å²) in [7, 11) is -3.99. The van der Waals surface area contributed by atoms with Crippen LogP contribution in [0.15, 0.2) is 88.4 Å². The molecule has 0 saturated carbocycles. The van der Waals surface area contributed by atoms with E-state index in [1.165, 1.54) is 6.07 Å². The third kappa shape index (κ3) is 3.55. The van der Waals surface area contributed by atoms with Crippen LogP contribution in [-0.4, -0.2) is 28.5 Å². The van der Waals surface area contributed by atoms with Gasteiger partial charge in [0.05, 0.1) is 11.4 Å². The van der Waals surface area contributed by atoms with Crippen LogP contribution in [0.3, 0.4) is 0 Å². The molecule has 5 aromatic rings. The van der Waals surface area contributed by atoms with Crippen LogP contribution in [0, 0.1) is 6.92 Å². The van der Waals surface area contributed by atoms with Gasteiger partial charge in [-0.2, -0.15) is 5.10 Å². The van der Waals surface area contributed by atoms with E-state index in [1.54, 1.807) is 22.9 Å². The predicted molar refractivity (Wildman–Crippen MR) is 116 cm³/mol. The fraction of sp³-hybridized carbons (Fsp3) is 0.0455. The highest BCUT2D eigenvalue weighted by atomic mass is 32.2. The number of para-hydroxylation sites is 1. The lowest BCUT2D eigenvalue weighted by Gasteiger charge is -2.10. The molecule has 0 aliphatic heterocycles. The van der Waals surface area contributed by atoms with Crippen molar-refractivity contribution in [2.24, 2.45) is 0 Å². The molecule has 31 heavy (non-hydrogen) atoms. The van der Waals surface area contributed by atoms with Gasteiger partial charge in [0, 0.05) is 11.6 Å². The number of rotatable bonds is 5. The van der Waals surface area contributed by atoms with Crippen molar-refractivity contribution >= 4 is 26.9 Å². The van der Waals surface area contributed by atoms with Crippen LogP contribution < -0.4 is 4.72 Å². The average molecular weight is 431 g/mol. The molecule has 0 fully saturated rings. The predicted octanol–water partition coefficient (Wildman–Crippen LogP) is 4.18. The van der Waals surface area contributed by atoms with Crippen molar-refractivity contribution < 1.29 is 13.0 Å². The van der Waals surface area contributed by atoms with Gasteiger partial charge in [-0.1, -0.05) is 48.0 Å². The van der Waals surface area contributed by atoms with Crippen molar-refractivity contribution in [1.29, 1.82) is 0 Å². The molecule has 0 aliphatic carbocycles. The van der Waals surface area contributed by atoms with Crippen LogP contribution in [-0.2, 0) is 10.0 Å². The molecule has 2 heterocycles. The van der Waals surface area contributed by atoms with Crippen LogP contribution in [0.5, 0.6) is 0 Å². The number of sulfonamides is 1. The zero-order valence-corrected chi connectivity index (χ0v) is 17.2. The first-order chi connectivity index (χ1) is 15.0. The van der Waals surface area contributed by atoms with Crippen molar-refractivity contribution in [3.05, 3.63) is 84.4 Å². The van der Waals surface area contributed by atoms with Gasteiger partial charge in [0.15, 0.2) is 5.52 Å². The summed E-state index contributed by atoms with van der Waals surface area (Å²) in [5.41, 5.74) is 3.86. The normalized spacial score (nSPS) is 11.6. The summed E-state index contributed by atoms with van der Waals surface area (Å²) in [4.78, 5) is -0.0239. The van der Waals surface area contributed by atoms with Gasteiger partial charge in [0.1, 0.15) is 16.2 Å². The summed E-state index contributed by atoms with van der Waals surface area (Å²) in [6.07, 6.45) is 0. The molecule has 2 aromatic heterocycles. The molecule has 0 atom stereocenters. The Labute approximate surface area is 178 Å². The molecule has 1 N–H and O–H groups in total. The molecule has 8 nitrogen and oxygen atoms in total. The molecule has 9 heteroatoms. The van der Waals surface area contributed by atoms with Crippen LogP contribution in [0.1, 0.15) is 5.56 Å². The van der Waals surface area contributed by atoms with Crippen molar-refractivity contribution in [3.63, 3.8) is 0 Å². The van der Waals surface area contributed by atoms with Gasteiger partial charge in [0.2, 0.25) is 0 Å². The molecule has 0 spiro atoms. The Morgan fingerprint density at radius 3 is 2.52 bits per heavy atom. The molecule has 0 amide bonds. The Balaban J connectivity index is 1.63. The number of hydrogen-bond acceptors (Lipinski definition) is 6. The fourth-order valence-corrected chi connectivity index (χ4v) is 4.54. The number of benzene rings is 3. The molecule has 0 saturated heterocycles. The zero-order chi connectivity index (χ0) is 21.4. The van der Waals surface area contributed by atoms with E-state index >= 15 is 0 Å². The minimum Gasteiger partial charge on any atom is -0.263 e. The Hall–Kier alpha value is -3.98.